The van der Waals surface area contributed by atoms with E-state index in [0.717, 1.165) is 43.3 Å². The number of likely N-dealkylation sites (tertiary alicyclic amines) is 1. The summed E-state index contributed by atoms with van der Waals surface area (Å²) < 4.78 is 6.11. The standard InChI is InChI=1S/C21H36N4O/c1-6-17(4)26-20-12-16(3)8-9-19(20)14-24-21(22-7-2)23-13-18-10-11-25(5)15-18/h8-9,12,17-18H,6-7,10-11,13-15H2,1-5H3,(H2,22,23,24). The van der Waals surface area contributed by atoms with Crippen LogP contribution in [0.3, 0.4) is 0 Å². The summed E-state index contributed by atoms with van der Waals surface area (Å²) in [7, 11) is 2.19. The van der Waals surface area contributed by atoms with Crippen LogP contribution in [-0.2, 0) is 6.54 Å². The fourth-order valence-electron chi connectivity index (χ4n) is 3.14. The molecule has 0 aliphatic carbocycles. The number of nitrogens with one attached hydrogen (secondary N) is 2. The van der Waals surface area contributed by atoms with Gasteiger partial charge in [-0.3, -0.25) is 0 Å². The van der Waals surface area contributed by atoms with Crippen LogP contribution < -0.4 is 15.4 Å². The van der Waals surface area contributed by atoms with Gasteiger partial charge < -0.3 is 20.3 Å². The first-order valence-corrected chi connectivity index (χ1v) is 9.98. The van der Waals surface area contributed by atoms with E-state index in [2.05, 4.69) is 68.5 Å². The van der Waals surface area contributed by atoms with Crippen molar-refractivity contribution in [2.75, 3.05) is 33.2 Å². The zero-order chi connectivity index (χ0) is 18.9. The second-order valence-corrected chi connectivity index (χ2v) is 7.44. The van der Waals surface area contributed by atoms with Crippen LogP contribution in [0.1, 0.15) is 44.7 Å². The maximum absolute atomic E-state index is 6.11. The highest BCUT2D eigenvalue weighted by atomic mass is 16.5. The summed E-state index contributed by atoms with van der Waals surface area (Å²) in [5.41, 5.74) is 2.35. The summed E-state index contributed by atoms with van der Waals surface area (Å²) in [4.78, 5) is 7.18. The number of guanidine groups is 1. The molecule has 2 atom stereocenters. The molecule has 1 heterocycles. The molecule has 0 amide bonds. The molecule has 1 aliphatic rings. The summed E-state index contributed by atoms with van der Waals surface area (Å²) in [5.74, 6) is 2.54. The van der Waals surface area contributed by atoms with E-state index >= 15 is 0 Å². The molecule has 1 fully saturated rings. The number of aliphatic imine (C=N–C) groups is 1. The first kappa shape index (κ1) is 20.6. The molecule has 26 heavy (non-hydrogen) atoms. The maximum Gasteiger partial charge on any atom is 0.191 e. The Balaban J connectivity index is 2.01. The van der Waals surface area contributed by atoms with Crippen LogP contribution in [0, 0.1) is 12.8 Å². The van der Waals surface area contributed by atoms with E-state index in [1.165, 1.54) is 18.5 Å². The molecular formula is C21H36N4O. The van der Waals surface area contributed by atoms with Gasteiger partial charge in [0, 0.05) is 25.2 Å². The molecule has 2 rings (SSSR count). The summed E-state index contributed by atoms with van der Waals surface area (Å²) in [5, 5.41) is 6.86. The highest BCUT2D eigenvalue weighted by Gasteiger charge is 2.19. The number of ether oxygens (including phenoxy) is 1. The summed E-state index contributed by atoms with van der Waals surface area (Å²) in [6.07, 6.45) is 2.47. The Morgan fingerprint density at radius 2 is 2.15 bits per heavy atom. The van der Waals surface area contributed by atoms with Crippen molar-refractivity contribution in [1.29, 1.82) is 0 Å². The van der Waals surface area contributed by atoms with Crippen molar-refractivity contribution in [3.63, 3.8) is 0 Å². The van der Waals surface area contributed by atoms with Crippen LogP contribution in [0.5, 0.6) is 5.75 Å². The molecule has 1 saturated heterocycles. The Kier molecular flexibility index (Phi) is 8.23. The van der Waals surface area contributed by atoms with Gasteiger partial charge >= 0.3 is 0 Å². The zero-order valence-corrected chi connectivity index (χ0v) is 17.1. The molecule has 5 heteroatoms. The molecule has 5 nitrogen and oxygen atoms in total. The monoisotopic (exact) mass is 360 g/mol. The molecule has 2 N–H and O–H groups in total. The number of rotatable bonds is 8. The normalized spacial score (nSPS) is 19.4. The Bertz CT molecular complexity index is 587. The molecule has 0 spiro atoms. The highest BCUT2D eigenvalue weighted by molar-refractivity contribution is 5.79. The first-order chi connectivity index (χ1) is 12.5. The molecule has 0 aromatic heterocycles. The number of benzene rings is 1. The van der Waals surface area contributed by atoms with E-state index < -0.39 is 0 Å². The van der Waals surface area contributed by atoms with E-state index in [0.29, 0.717) is 12.5 Å². The average molecular weight is 361 g/mol. The van der Waals surface area contributed by atoms with Gasteiger partial charge in [-0.15, -0.1) is 0 Å². The van der Waals surface area contributed by atoms with E-state index in [-0.39, 0.29) is 6.10 Å². The predicted molar refractivity (Wildman–Crippen MR) is 110 cm³/mol. The third-order valence-electron chi connectivity index (χ3n) is 4.92. The van der Waals surface area contributed by atoms with Crippen LogP contribution in [0.15, 0.2) is 23.2 Å². The van der Waals surface area contributed by atoms with E-state index in [4.69, 9.17) is 9.73 Å². The third-order valence-corrected chi connectivity index (χ3v) is 4.92. The zero-order valence-electron chi connectivity index (χ0n) is 17.1. The lowest BCUT2D eigenvalue weighted by Crippen LogP contribution is -2.40. The number of nitrogens with zero attached hydrogens (tertiary/aromatic N) is 2. The van der Waals surface area contributed by atoms with Gasteiger partial charge in [-0.05, 0) is 64.8 Å². The van der Waals surface area contributed by atoms with Crippen molar-refractivity contribution < 1.29 is 4.74 Å². The van der Waals surface area contributed by atoms with Gasteiger partial charge in [-0.25, -0.2) is 4.99 Å². The Hall–Kier alpha value is -1.75. The van der Waals surface area contributed by atoms with Crippen molar-refractivity contribution in [3.05, 3.63) is 29.3 Å². The second-order valence-electron chi connectivity index (χ2n) is 7.44. The topological polar surface area (TPSA) is 48.9 Å². The van der Waals surface area contributed by atoms with Crippen molar-refractivity contribution in [1.82, 2.24) is 15.5 Å². The maximum atomic E-state index is 6.11. The molecule has 0 radical (unpaired) electrons. The lowest BCUT2D eigenvalue weighted by atomic mass is 10.1. The van der Waals surface area contributed by atoms with Gasteiger partial charge in [0.2, 0.25) is 0 Å². The predicted octanol–water partition coefficient (Wildman–Crippen LogP) is 3.18. The first-order valence-electron chi connectivity index (χ1n) is 9.98. The van der Waals surface area contributed by atoms with Gasteiger partial charge in [0.25, 0.3) is 0 Å². The van der Waals surface area contributed by atoms with E-state index in [1.54, 1.807) is 0 Å². The van der Waals surface area contributed by atoms with Gasteiger partial charge in [0.1, 0.15) is 5.75 Å². The fourth-order valence-corrected chi connectivity index (χ4v) is 3.14. The minimum Gasteiger partial charge on any atom is -0.490 e. The quantitative estimate of drug-likeness (QED) is 0.552. The number of hydrogen-bond acceptors (Lipinski definition) is 3. The van der Waals surface area contributed by atoms with Crippen molar-refractivity contribution in [3.8, 4) is 5.75 Å². The fraction of sp³-hybridized carbons (Fsp3) is 0.667. The minimum absolute atomic E-state index is 0.213. The van der Waals surface area contributed by atoms with Gasteiger partial charge in [-0.1, -0.05) is 19.1 Å². The molecular weight excluding hydrogens is 324 g/mol. The lowest BCUT2D eigenvalue weighted by molar-refractivity contribution is 0.215. The van der Waals surface area contributed by atoms with Crippen LogP contribution >= 0.6 is 0 Å². The summed E-state index contributed by atoms with van der Waals surface area (Å²) in [6.45, 7) is 13.3. The van der Waals surface area contributed by atoms with Gasteiger partial charge in [0.15, 0.2) is 5.96 Å². The SMILES string of the molecule is CCNC(=NCc1ccc(C)cc1OC(C)CC)NCC1CCN(C)C1. The number of hydrogen-bond donors (Lipinski definition) is 2. The number of aryl methyl sites for hydroxylation is 1. The van der Waals surface area contributed by atoms with E-state index in [9.17, 15) is 0 Å². The third kappa shape index (κ3) is 6.52. The second kappa shape index (κ2) is 10.4. The Morgan fingerprint density at radius 3 is 2.81 bits per heavy atom. The Morgan fingerprint density at radius 1 is 1.35 bits per heavy atom. The summed E-state index contributed by atoms with van der Waals surface area (Å²) in [6, 6.07) is 6.38. The van der Waals surface area contributed by atoms with Crippen LogP contribution in [-0.4, -0.2) is 50.2 Å². The average Bonchev–Trinajstić information content (AvgIpc) is 3.04. The largest absolute Gasteiger partial charge is 0.490 e. The lowest BCUT2D eigenvalue weighted by Gasteiger charge is -2.17. The molecule has 0 bridgehead atoms. The molecule has 0 saturated carbocycles. The summed E-state index contributed by atoms with van der Waals surface area (Å²) >= 11 is 0. The molecule has 1 aliphatic heterocycles. The van der Waals surface area contributed by atoms with Crippen LogP contribution in [0.4, 0.5) is 0 Å². The van der Waals surface area contributed by atoms with Crippen molar-refractivity contribution in [2.45, 2.75) is 53.2 Å². The van der Waals surface area contributed by atoms with Gasteiger partial charge in [0.05, 0.1) is 12.6 Å². The highest BCUT2D eigenvalue weighted by Crippen LogP contribution is 2.23. The van der Waals surface area contributed by atoms with Gasteiger partial charge in [-0.2, -0.15) is 0 Å². The molecule has 2 unspecified atom stereocenters. The minimum atomic E-state index is 0.213. The molecule has 146 valence electrons. The Labute approximate surface area is 159 Å². The van der Waals surface area contributed by atoms with Crippen molar-refractivity contribution >= 4 is 5.96 Å². The smallest absolute Gasteiger partial charge is 0.191 e. The van der Waals surface area contributed by atoms with Crippen LogP contribution in [0.25, 0.3) is 0 Å². The van der Waals surface area contributed by atoms with Crippen LogP contribution in [0.2, 0.25) is 0 Å². The molecule has 1 aromatic carbocycles. The van der Waals surface area contributed by atoms with E-state index in [1.807, 2.05) is 0 Å². The molecule has 1 aromatic rings. The van der Waals surface area contributed by atoms with Crippen molar-refractivity contribution in [2.24, 2.45) is 10.9 Å².